The first-order chi connectivity index (χ1) is 13.9. The van der Waals surface area contributed by atoms with Crippen molar-refractivity contribution in [3.63, 3.8) is 0 Å². The second kappa shape index (κ2) is 6.01. The number of hydrogen-bond acceptors (Lipinski definition) is 9. The predicted molar refractivity (Wildman–Crippen MR) is 101 cm³/mol. The van der Waals surface area contributed by atoms with Gasteiger partial charge in [0.15, 0.2) is 11.2 Å². The third-order valence-corrected chi connectivity index (χ3v) is 8.25. The Bertz CT molecular complexity index is 1020. The highest BCUT2D eigenvalue weighted by Crippen LogP contribution is 2.71. The van der Waals surface area contributed by atoms with Crippen LogP contribution in [0.3, 0.4) is 0 Å². The highest BCUT2D eigenvalue weighted by Gasteiger charge is 2.82. The second-order valence-corrected chi connectivity index (χ2v) is 10.2. The number of ether oxygens (including phenoxy) is 4. The van der Waals surface area contributed by atoms with E-state index in [0.29, 0.717) is 30.9 Å². The highest BCUT2D eigenvalue weighted by atomic mass is 79.9. The van der Waals surface area contributed by atoms with E-state index in [2.05, 4.69) is 34.1 Å². The molecule has 4 unspecified atom stereocenters. The summed E-state index contributed by atoms with van der Waals surface area (Å²) in [4.78, 5) is 0.629. The van der Waals surface area contributed by atoms with Gasteiger partial charge < -0.3 is 18.9 Å². The number of halogens is 1. The zero-order valence-corrected chi connectivity index (χ0v) is 17.5. The molecule has 1 spiro atoms. The largest absolute Gasteiger partial charge is 0.447 e. The molecular weight excluding hydrogens is 460 g/mol. The molecule has 2 bridgehead atoms. The van der Waals surface area contributed by atoms with Crippen LogP contribution in [0.5, 0.6) is 0 Å². The lowest BCUT2D eigenvalue weighted by Gasteiger charge is -2.53. The Morgan fingerprint density at radius 3 is 2.41 bits per heavy atom. The molecule has 1 aromatic heterocycles. The average molecular weight is 475 g/mol. The van der Waals surface area contributed by atoms with Gasteiger partial charge in [-0.05, 0) is 28.1 Å². The van der Waals surface area contributed by atoms with Crippen LogP contribution in [0, 0.1) is 56.2 Å². The van der Waals surface area contributed by atoms with E-state index in [1.165, 1.54) is 11.3 Å². The van der Waals surface area contributed by atoms with Gasteiger partial charge in [-0.1, -0.05) is 0 Å². The van der Waals surface area contributed by atoms with Crippen molar-refractivity contribution in [1.82, 2.24) is 0 Å². The van der Waals surface area contributed by atoms with E-state index in [0.717, 1.165) is 3.79 Å². The number of rotatable bonds is 1. The summed E-state index contributed by atoms with van der Waals surface area (Å²) in [6, 6.07) is 9.86. The summed E-state index contributed by atoms with van der Waals surface area (Å²) in [5.41, 5.74) is -3.75. The Hall–Kier alpha value is -2.00. The minimum Gasteiger partial charge on any atom is -0.447 e. The van der Waals surface area contributed by atoms with Crippen molar-refractivity contribution in [3.05, 3.63) is 20.8 Å². The molecule has 4 atom stereocenters. The van der Waals surface area contributed by atoms with E-state index in [1.807, 2.05) is 0 Å². The Labute approximate surface area is 179 Å². The Kier molecular flexibility index (Phi) is 3.94. The lowest BCUT2D eigenvalue weighted by atomic mass is 9.51. The smallest absolute Gasteiger partial charge is 0.218 e. The molecule has 1 saturated carbocycles. The van der Waals surface area contributed by atoms with Crippen LogP contribution >= 0.6 is 27.3 Å². The van der Waals surface area contributed by atoms with Gasteiger partial charge in [0.2, 0.25) is 17.1 Å². The molecule has 5 rings (SSSR count). The molecule has 3 aliphatic heterocycles. The molecule has 1 N–H and O–H groups in total. The lowest BCUT2D eigenvalue weighted by Crippen LogP contribution is -2.63. The van der Waals surface area contributed by atoms with Gasteiger partial charge in [-0.2, -0.15) is 15.8 Å². The number of thiophene rings is 1. The van der Waals surface area contributed by atoms with Crippen molar-refractivity contribution in [2.75, 3.05) is 13.2 Å². The summed E-state index contributed by atoms with van der Waals surface area (Å²) in [5, 5.41) is 39.4. The van der Waals surface area contributed by atoms with Gasteiger partial charge in [-0.3, -0.25) is 5.41 Å². The van der Waals surface area contributed by atoms with Crippen molar-refractivity contribution in [3.8, 4) is 18.2 Å². The fourth-order valence-electron chi connectivity index (χ4n) is 5.27. The minimum atomic E-state index is -1.95. The minimum absolute atomic E-state index is 0.217. The standard InChI is InChI=1S/C19H15BrN4O4S/c20-13-2-1-11(29-13)14-16(8-21,9-22)18(10-23)12-7-17(25-5-6-26-17)3-4-19(12,27-14)28-15(18)24/h1-2,12,14,24H,3-7H2. The summed E-state index contributed by atoms with van der Waals surface area (Å²) >= 11 is 4.73. The molecular formula is C19H15BrN4O4S. The average Bonchev–Trinajstić information content (AvgIpc) is 3.40. The van der Waals surface area contributed by atoms with Crippen molar-refractivity contribution in [1.29, 1.82) is 21.2 Å². The number of nitrogens with one attached hydrogen (secondary N) is 1. The zero-order valence-electron chi connectivity index (χ0n) is 15.1. The SMILES string of the molecule is N#CC1(C#N)C(c2ccc(Br)s2)OC23CCC4(CC2C1(C#N)C(=N)O3)OCCO4. The van der Waals surface area contributed by atoms with Crippen LogP contribution in [0.2, 0.25) is 0 Å². The number of hydrogen-bond donors (Lipinski definition) is 1. The molecule has 0 amide bonds. The van der Waals surface area contributed by atoms with Gasteiger partial charge in [0.25, 0.3) is 0 Å². The Balaban J connectivity index is 1.72. The topological polar surface area (TPSA) is 132 Å². The van der Waals surface area contributed by atoms with Gasteiger partial charge in [-0.15, -0.1) is 11.3 Å². The van der Waals surface area contributed by atoms with Crippen LogP contribution in [0.4, 0.5) is 0 Å². The van der Waals surface area contributed by atoms with Crippen molar-refractivity contribution in [2.45, 2.75) is 36.9 Å². The van der Waals surface area contributed by atoms with Gasteiger partial charge in [-0.25, -0.2) is 0 Å². The van der Waals surface area contributed by atoms with Crippen LogP contribution in [-0.4, -0.2) is 30.7 Å². The first-order valence-corrected chi connectivity index (χ1v) is 10.7. The molecule has 8 nitrogen and oxygen atoms in total. The zero-order chi connectivity index (χ0) is 20.5. The molecule has 4 fully saturated rings. The van der Waals surface area contributed by atoms with Crippen LogP contribution in [-0.2, 0) is 18.9 Å². The third-order valence-electron chi connectivity index (χ3n) is 6.58. The fourth-order valence-corrected chi connectivity index (χ4v) is 6.80. The normalized spacial score (nSPS) is 38.5. The second-order valence-electron chi connectivity index (χ2n) is 7.70. The molecule has 0 radical (unpaired) electrons. The fraction of sp³-hybridized carbons (Fsp3) is 0.579. The molecule has 148 valence electrons. The van der Waals surface area contributed by atoms with E-state index in [-0.39, 0.29) is 12.3 Å². The van der Waals surface area contributed by atoms with Crippen LogP contribution in [0.1, 0.15) is 30.2 Å². The van der Waals surface area contributed by atoms with Crippen molar-refractivity contribution >= 4 is 33.2 Å². The maximum absolute atomic E-state index is 10.4. The molecule has 29 heavy (non-hydrogen) atoms. The maximum Gasteiger partial charge on any atom is 0.218 e. The van der Waals surface area contributed by atoms with Gasteiger partial charge in [0, 0.05) is 24.1 Å². The predicted octanol–water partition coefficient (Wildman–Crippen LogP) is 3.37. The quantitative estimate of drug-likeness (QED) is 0.659. The monoisotopic (exact) mass is 474 g/mol. The lowest BCUT2D eigenvalue weighted by molar-refractivity contribution is -0.330. The van der Waals surface area contributed by atoms with E-state index in [4.69, 9.17) is 24.4 Å². The van der Waals surface area contributed by atoms with Crippen LogP contribution < -0.4 is 0 Å². The third kappa shape index (κ3) is 2.12. The Morgan fingerprint density at radius 2 is 1.83 bits per heavy atom. The highest BCUT2D eigenvalue weighted by molar-refractivity contribution is 9.11. The first kappa shape index (κ1) is 19.0. The molecule has 1 aromatic rings. The summed E-state index contributed by atoms with van der Waals surface area (Å²) < 4.78 is 24.8. The Morgan fingerprint density at radius 1 is 1.10 bits per heavy atom. The summed E-state index contributed by atoms with van der Waals surface area (Å²) in [7, 11) is 0. The molecule has 4 aliphatic rings. The molecule has 3 saturated heterocycles. The summed E-state index contributed by atoms with van der Waals surface area (Å²) in [6.45, 7) is 0.873. The first-order valence-electron chi connectivity index (χ1n) is 9.14. The van der Waals surface area contributed by atoms with E-state index in [9.17, 15) is 15.8 Å². The maximum atomic E-state index is 10.4. The summed E-state index contributed by atoms with van der Waals surface area (Å²) in [6.07, 6.45) is 0.00611. The van der Waals surface area contributed by atoms with Gasteiger partial charge in [0.05, 0.1) is 41.1 Å². The van der Waals surface area contributed by atoms with Gasteiger partial charge in [0.1, 0.15) is 6.10 Å². The summed E-state index contributed by atoms with van der Waals surface area (Å²) in [5.74, 6) is -3.30. The van der Waals surface area contributed by atoms with E-state index < -0.39 is 34.4 Å². The van der Waals surface area contributed by atoms with Crippen LogP contribution in [0.25, 0.3) is 0 Å². The molecule has 1 aliphatic carbocycles. The van der Waals surface area contributed by atoms with Crippen molar-refractivity contribution in [2.24, 2.45) is 16.7 Å². The number of nitriles is 3. The van der Waals surface area contributed by atoms with E-state index in [1.54, 1.807) is 12.1 Å². The van der Waals surface area contributed by atoms with Crippen molar-refractivity contribution < 1.29 is 18.9 Å². The van der Waals surface area contributed by atoms with E-state index >= 15 is 0 Å². The van der Waals surface area contributed by atoms with Crippen LogP contribution in [0.15, 0.2) is 15.9 Å². The molecule has 4 heterocycles. The number of nitrogens with zero attached hydrogens (tertiary/aromatic N) is 3. The molecule has 0 aromatic carbocycles. The van der Waals surface area contributed by atoms with Gasteiger partial charge >= 0.3 is 0 Å². The molecule has 10 heteroatoms.